The van der Waals surface area contributed by atoms with Crippen LogP contribution in [0, 0.1) is 0 Å². The molecule has 0 radical (unpaired) electrons. The van der Waals surface area contributed by atoms with Crippen LogP contribution in [0.5, 0.6) is 0 Å². The molecule has 0 saturated carbocycles. The van der Waals surface area contributed by atoms with E-state index in [1.54, 1.807) is 20.0 Å². The van der Waals surface area contributed by atoms with Gasteiger partial charge in [0.2, 0.25) is 0 Å². The highest BCUT2D eigenvalue weighted by Gasteiger charge is 2.09. The number of nitrogens with zero attached hydrogens (tertiary/aromatic N) is 4. The van der Waals surface area contributed by atoms with Crippen LogP contribution < -0.4 is 23.4 Å². The van der Waals surface area contributed by atoms with Crippen LogP contribution in [-0.2, 0) is 0 Å². The summed E-state index contributed by atoms with van der Waals surface area (Å²) < 4.78 is 0. The first-order valence-electron chi connectivity index (χ1n) is 5.56. The second-order valence-electron chi connectivity index (χ2n) is 4.14. The number of hydrogen-bond donors (Lipinski definition) is 4. The Kier molecular flexibility index (Phi) is 6.09. The predicted octanol–water partition coefficient (Wildman–Crippen LogP) is -3.30. The molecule has 0 aromatic rings. The molecule has 1 saturated heterocycles. The molecule has 0 aromatic heterocycles. The normalized spacial score (nSPS) is 26.2. The third-order valence-corrected chi connectivity index (χ3v) is 2.70. The Morgan fingerprint density at radius 2 is 0.500 bits per heavy atom. The summed E-state index contributed by atoms with van der Waals surface area (Å²) in [6, 6.07) is 0. The first kappa shape index (κ1) is 13.7. The molecule has 0 amide bonds. The van der Waals surface area contributed by atoms with Crippen LogP contribution in [0.4, 0.5) is 0 Å². The summed E-state index contributed by atoms with van der Waals surface area (Å²) in [6.45, 7) is 5.85. The fraction of sp³-hybridized carbons (Fsp3) is 1.00. The zero-order chi connectivity index (χ0) is 12.0. The Hall–Kier alpha value is -0.320. The van der Waals surface area contributed by atoms with E-state index in [9.17, 15) is 0 Å². The summed E-state index contributed by atoms with van der Waals surface area (Å²) in [5.74, 6) is 23.2. The van der Waals surface area contributed by atoms with E-state index in [2.05, 4.69) is 0 Å². The highest BCUT2D eigenvalue weighted by molar-refractivity contribution is 4.62. The van der Waals surface area contributed by atoms with E-state index in [4.69, 9.17) is 23.4 Å². The SMILES string of the molecule is NN1CCN(N)CCN(N)CCN(N)CC1. The van der Waals surface area contributed by atoms with Gasteiger partial charge in [-0.3, -0.25) is 23.4 Å². The Labute approximate surface area is 96.6 Å². The lowest BCUT2D eigenvalue weighted by Gasteiger charge is -2.28. The maximum Gasteiger partial charge on any atom is 0.0271 e. The molecule has 1 aliphatic heterocycles. The monoisotopic (exact) mass is 232 g/mol. The Morgan fingerprint density at radius 1 is 0.375 bits per heavy atom. The van der Waals surface area contributed by atoms with Crippen molar-refractivity contribution in [2.45, 2.75) is 0 Å². The van der Waals surface area contributed by atoms with Gasteiger partial charge in [0.05, 0.1) is 0 Å². The van der Waals surface area contributed by atoms with Gasteiger partial charge in [-0.05, 0) is 0 Å². The van der Waals surface area contributed by atoms with Crippen molar-refractivity contribution in [2.24, 2.45) is 23.4 Å². The molecular formula is C8H24N8. The zero-order valence-corrected chi connectivity index (χ0v) is 9.76. The van der Waals surface area contributed by atoms with Crippen LogP contribution in [-0.4, -0.2) is 72.4 Å². The van der Waals surface area contributed by atoms with Crippen molar-refractivity contribution < 1.29 is 0 Å². The largest absolute Gasteiger partial charge is 0.269 e. The molecule has 0 spiro atoms. The average Bonchev–Trinajstić information content (AvgIpc) is 2.27. The van der Waals surface area contributed by atoms with E-state index in [0.29, 0.717) is 0 Å². The second-order valence-corrected chi connectivity index (χ2v) is 4.14. The molecule has 0 unspecified atom stereocenters. The van der Waals surface area contributed by atoms with Crippen molar-refractivity contribution >= 4 is 0 Å². The minimum atomic E-state index is 0.731. The fourth-order valence-corrected chi connectivity index (χ4v) is 1.47. The van der Waals surface area contributed by atoms with E-state index in [-0.39, 0.29) is 0 Å². The molecule has 0 bridgehead atoms. The third kappa shape index (κ3) is 5.68. The van der Waals surface area contributed by atoms with Gasteiger partial charge in [0, 0.05) is 52.4 Å². The molecule has 8 N–H and O–H groups in total. The van der Waals surface area contributed by atoms with Gasteiger partial charge < -0.3 is 0 Å². The van der Waals surface area contributed by atoms with Crippen LogP contribution in [0.25, 0.3) is 0 Å². The fourth-order valence-electron chi connectivity index (χ4n) is 1.47. The lowest BCUT2D eigenvalue weighted by Crippen LogP contribution is -2.51. The van der Waals surface area contributed by atoms with Crippen molar-refractivity contribution in [3.63, 3.8) is 0 Å². The standard InChI is InChI=1S/C8H24N8/c9-13-1-2-14(10)5-6-16(12)8-7-15(11)4-3-13/h1-12H2. The van der Waals surface area contributed by atoms with Crippen LogP contribution in [0.2, 0.25) is 0 Å². The molecule has 16 heavy (non-hydrogen) atoms. The van der Waals surface area contributed by atoms with Gasteiger partial charge in [-0.15, -0.1) is 0 Å². The molecule has 0 aromatic carbocycles. The number of nitrogens with two attached hydrogens (primary N) is 4. The van der Waals surface area contributed by atoms with Crippen molar-refractivity contribution in [3.8, 4) is 0 Å². The summed E-state index contributed by atoms with van der Waals surface area (Å²) in [6.07, 6.45) is 0. The molecule has 8 nitrogen and oxygen atoms in total. The molecule has 1 aliphatic rings. The quantitative estimate of drug-likeness (QED) is 0.321. The van der Waals surface area contributed by atoms with Crippen LogP contribution in [0.1, 0.15) is 0 Å². The molecule has 96 valence electrons. The van der Waals surface area contributed by atoms with Crippen LogP contribution in [0.3, 0.4) is 0 Å². The van der Waals surface area contributed by atoms with Gasteiger partial charge in [0.25, 0.3) is 0 Å². The average molecular weight is 232 g/mol. The maximum atomic E-state index is 5.80. The minimum Gasteiger partial charge on any atom is -0.269 e. The van der Waals surface area contributed by atoms with Gasteiger partial charge in [-0.1, -0.05) is 0 Å². The van der Waals surface area contributed by atoms with Gasteiger partial charge in [-0.25, -0.2) is 20.0 Å². The highest BCUT2D eigenvalue weighted by Crippen LogP contribution is 1.89. The first-order chi connectivity index (χ1) is 7.58. The lowest BCUT2D eigenvalue weighted by atomic mass is 10.4. The van der Waals surface area contributed by atoms with Crippen LogP contribution >= 0.6 is 0 Å². The number of hydrogen-bond acceptors (Lipinski definition) is 8. The van der Waals surface area contributed by atoms with Gasteiger partial charge in [0.15, 0.2) is 0 Å². The Balaban J connectivity index is 2.39. The summed E-state index contributed by atoms with van der Waals surface area (Å²) in [7, 11) is 0. The number of rotatable bonds is 0. The molecule has 8 heteroatoms. The van der Waals surface area contributed by atoms with Crippen molar-refractivity contribution in [1.82, 2.24) is 20.0 Å². The smallest absolute Gasteiger partial charge is 0.0271 e. The van der Waals surface area contributed by atoms with E-state index in [1.165, 1.54) is 0 Å². The topological polar surface area (TPSA) is 117 Å². The summed E-state index contributed by atoms with van der Waals surface area (Å²) in [5, 5.41) is 6.95. The molecule has 0 aliphatic carbocycles. The van der Waals surface area contributed by atoms with Crippen molar-refractivity contribution in [2.75, 3.05) is 52.4 Å². The maximum absolute atomic E-state index is 5.80. The lowest BCUT2D eigenvalue weighted by molar-refractivity contribution is 0.135. The number of hydrazine groups is 4. The molecule has 0 atom stereocenters. The van der Waals surface area contributed by atoms with E-state index in [1.807, 2.05) is 0 Å². The Bertz CT molecular complexity index is 133. The van der Waals surface area contributed by atoms with E-state index >= 15 is 0 Å². The molecule has 1 fully saturated rings. The third-order valence-electron chi connectivity index (χ3n) is 2.70. The highest BCUT2D eigenvalue weighted by atomic mass is 15.5. The van der Waals surface area contributed by atoms with E-state index in [0.717, 1.165) is 52.4 Å². The van der Waals surface area contributed by atoms with E-state index < -0.39 is 0 Å². The first-order valence-corrected chi connectivity index (χ1v) is 5.56. The van der Waals surface area contributed by atoms with Crippen molar-refractivity contribution in [3.05, 3.63) is 0 Å². The summed E-state index contributed by atoms with van der Waals surface area (Å²) >= 11 is 0. The van der Waals surface area contributed by atoms with Gasteiger partial charge in [0.1, 0.15) is 0 Å². The molecule has 1 heterocycles. The predicted molar refractivity (Wildman–Crippen MR) is 63.0 cm³/mol. The summed E-state index contributed by atoms with van der Waals surface area (Å²) in [5.41, 5.74) is 0. The van der Waals surface area contributed by atoms with Crippen molar-refractivity contribution in [1.29, 1.82) is 0 Å². The molecule has 1 rings (SSSR count). The second kappa shape index (κ2) is 7.09. The summed E-state index contributed by atoms with van der Waals surface area (Å²) in [4.78, 5) is 0. The van der Waals surface area contributed by atoms with Gasteiger partial charge in [-0.2, -0.15) is 0 Å². The minimum absolute atomic E-state index is 0.731. The van der Waals surface area contributed by atoms with Crippen LogP contribution in [0.15, 0.2) is 0 Å². The zero-order valence-electron chi connectivity index (χ0n) is 9.76. The van der Waals surface area contributed by atoms with Gasteiger partial charge >= 0.3 is 0 Å². The Morgan fingerprint density at radius 3 is 0.625 bits per heavy atom. The molecular weight excluding hydrogens is 208 g/mol.